The molecular weight excluding hydrogens is 434 g/mol. The summed E-state index contributed by atoms with van der Waals surface area (Å²) in [5.41, 5.74) is 1.22. The molecule has 2 heterocycles. The standard InChI is InChI=1S/C24H18ClNO6/c1-13-10-19-16(12-17(13)25)21(27)23(32-24(28)14-6-8-26-9-7-14)22(31-19)15-4-5-18(29-2)20(11-15)30-3/h4-12H,1-3H3. The van der Waals surface area contributed by atoms with Gasteiger partial charge in [-0.2, -0.15) is 0 Å². The molecule has 2 aromatic carbocycles. The van der Waals surface area contributed by atoms with Crippen LogP contribution < -0.4 is 19.6 Å². The van der Waals surface area contributed by atoms with Gasteiger partial charge in [0.2, 0.25) is 11.2 Å². The molecule has 0 spiro atoms. The first kappa shape index (κ1) is 21.4. The largest absolute Gasteiger partial charge is 0.493 e. The summed E-state index contributed by atoms with van der Waals surface area (Å²) in [6.07, 6.45) is 2.91. The number of ether oxygens (including phenoxy) is 3. The number of carbonyl (C=O) groups is 1. The Morgan fingerprint density at radius 3 is 2.41 bits per heavy atom. The van der Waals surface area contributed by atoms with Crippen LogP contribution in [0, 0.1) is 6.92 Å². The SMILES string of the molecule is COc1ccc(-c2oc3cc(C)c(Cl)cc3c(=O)c2OC(=O)c2ccncc2)cc1OC. The van der Waals surface area contributed by atoms with Crippen LogP contribution in [-0.4, -0.2) is 25.2 Å². The molecule has 0 aliphatic carbocycles. The summed E-state index contributed by atoms with van der Waals surface area (Å²) >= 11 is 6.22. The maximum absolute atomic E-state index is 13.4. The van der Waals surface area contributed by atoms with Crippen molar-refractivity contribution in [2.45, 2.75) is 6.92 Å². The van der Waals surface area contributed by atoms with Crippen LogP contribution in [0.25, 0.3) is 22.3 Å². The Labute approximate surface area is 188 Å². The minimum absolute atomic E-state index is 0.0765. The van der Waals surface area contributed by atoms with Crippen molar-refractivity contribution in [3.63, 3.8) is 0 Å². The molecule has 0 bridgehead atoms. The summed E-state index contributed by atoms with van der Waals surface area (Å²) in [5.74, 6) is 0.0156. The number of hydrogen-bond acceptors (Lipinski definition) is 7. The fourth-order valence-corrected chi connectivity index (χ4v) is 3.36. The number of methoxy groups -OCH3 is 2. The van der Waals surface area contributed by atoms with Gasteiger partial charge in [-0.3, -0.25) is 9.78 Å². The van der Waals surface area contributed by atoms with Gasteiger partial charge in [0, 0.05) is 23.0 Å². The van der Waals surface area contributed by atoms with Gasteiger partial charge in [-0.1, -0.05) is 11.6 Å². The summed E-state index contributed by atoms with van der Waals surface area (Å²) in [6.45, 7) is 1.80. The van der Waals surface area contributed by atoms with Gasteiger partial charge in [0.15, 0.2) is 17.3 Å². The van der Waals surface area contributed by atoms with Crippen molar-refractivity contribution in [2.75, 3.05) is 14.2 Å². The Morgan fingerprint density at radius 1 is 1.00 bits per heavy atom. The number of pyridine rings is 1. The van der Waals surface area contributed by atoms with E-state index in [9.17, 15) is 9.59 Å². The maximum atomic E-state index is 13.4. The molecule has 0 unspecified atom stereocenters. The summed E-state index contributed by atoms with van der Waals surface area (Å²) in [5, 5.41) is 0.595. The highest BCUT2D eigenvalue weighted by molar-refractivity contribution is 6.32. The second-order valence-electron chi connectivity index (χ2n) is 6.88. The zero-order valence-electron chi connectivity index (χ0n) is 17.5. The molecule has 0 amide bonds. The second kappa shape index (κ2) is 8.72. The van der Waals surface area contributed by atoms with Gasteiger partial charge in [-0.15, -0.1) is 0 Å². The normalized spacial score (nSPS) is 10.8. The number of nitrogens with zero attached hydrogens (tertiary/aromatic N) is 1. The van der Waals surface area contributed by atoms with E-state index in [0.717, 1.165) is 5.56 Å². The molecule has 0 saturated carbocycles. The van der Waals surface area contributed by atoms with Crippen LogP contribution in [0.15, 0.2) is 64.1 Å². The molecule has 0 fully saturated rings. The number of esters is 1. The Hall–Kier alpha value is -3.84. The van der Waals surface area contributed by atoms with Crippen molar-refractivity contribution in [1.29, 1.82) is 0 Å². The Morgan fingerprint density at radius 2 is 1.72 bits per heavy atom. The van der Waals surface area contributed by atoms with E-state index < -0.39 is 11.4 Å². The molecule has 32 heavy (non-hydrogen) atoms. The summed E-state index contributed by atoms with van der Waals surface area (Å²) < 4.78 is 22.2. The molecule has 0 atom stereocenters. The van der Waals surface area contributed by atoms with E-state index in [0.29, 0.717) is 27.7 Å². The average molecular weight is 452 g/mol. The van der Waals surface area contributed by atoms with Gasteiger partial charge in [-0.05, 0) is 55.0 Å². The smallest absolute Gasteiger partial charge is 0.343 e. The zero-order chi connectivity index (χ0) is 22.8. The zero-order valence-corrected chi connectivity index (χ0v) is 18.2. The van der Waals surface area contributed by atoms with Crippen LogP contribution in [0.2, 0.25) is 5.02 Å². The van der Waals surface area contributed by atoms with Gasteiger partial charge < -0.3 is 18.6 Å². The summed E-state index contributed by atoms with van der Waals surface area (Å²) in [4.78, 5) is 30.0. The van der Waals surface area contributed by atoms with Gasteiger partial charge in [0.25, 0.3) is 0 Å². The average Bonchev–Trinajstić information content (AvgIpc) is 2.82. The lowest BCUT2D eigenvalue weighted by Gasteiger charge is -2.13. The third-order valence-electron chi connectivity index (χ3n) is 4.89. The van der Waals surface area contributed by atoms with E-state index in [4.69, 9.17) is 30.2 Å². The van der Waals surface area contributed by atoms with Crippen molar-refractivity contribution in [3.8, 4) is 28.6 Å². The molecule has 0 aliphatic rings. The molecule has 8 heteroatoms. The second-order valence-corrected chi connectivity index (χ2v) is 7.29. The Bertz CT molecular complexity index is 1380. The lowest BCUT2D eigenvalue weighted by Crippen LogP contribution is -2.16. The first-order valence-corrected chi connectivity index (χ1v) is 9.92. The van der Waals surface area contributed by atoms with Crippen LogP contribution in [0.4, 0.5) is 0 Å². The summed E-state index contributed by atoms with van der Waals surface area (Å²) in [7, 11) is 3.01. The van der Waals surface area contributed by atoms with E-state index in [1.807, 2.05) is 0 Å². The van der Waals surface area contributed by atoms with Crippen LogP contribution in [0.1, 0.15) is 15.9 Å². The molecule has 0 radical (unpaired) electrons. The third kappa shape index (κ3) is 3.90. The highest BCUT2D eigenvalue weighted by atomic mass is 35.5. The summed E-state index contributed by atoms with van der Waals surface area (Å²) in [6, 6.07) is 11.1. The number of fused-ring (bicyclic) bond motifs is 1. The maximum Gasteiger partial charge on any atom is 0.343 e. The number of carbonyl (C=O) groups excluding carboxylic acids is 1. The third-order valence-corrected chi connectivity index (χ3v) is 5.29. The first-order valence-electron chi connectivity index (χ1n) is 9.54. The number of aromatic nitrogens is 1. The highest BCUT2D eigenvalue weighted by Gasteiger charge is 2.23. The minimum Gasteiger partial charge on any atom is -0.493 e. The highest BCUT2D eigenvalue weighted by Crippen LogP contribution is 2.37. The number of halogens is 1. The molecule has 7 nitrogen and oxygen atoms in total. The fraction of sp³-hybridized carbons (Fsp3) is 0.125. The molecule has 0 N–H and O–H groups in total. The molecule has 2 aromatic heterocycles. The number of rotatable bonds is 5. The van der Waals surface area contributed by atoms with Gasteiger partial charge in [-0.25, -0.2) is 4.79 Å². The van der Waals surface area contributed by atoms with E-state index >= 15 is 0 Å². The number of hydrogen-bond donors (Lipinski definition) is 0. The molecule has 0 saturated heterocycles. The van der Waals surface area contributed by atoms with E-state index in [1.165, 1.54) is 44.8 Å². The van der Waals surface area contributed by atoms with Crippen LogP contribution in [0.5, 0.6) is 17.2 Å². The molecule has 4 rings (SSSR count). The quantitative estimate of drug-likeness (QED) is 0.392. The predicted molar refractivity (Wildman–Crippen MR) is 120 cm³/mol. The Balaban J connectivity index is 1.96. The van der Waals surface area contributed by atoms with Crippen molar-refractivity contribution in [2.24, 2.45) is 0 Å². The van der Waals surface area contributed by atoms with Crippen LogP contribution in [0.3, 0.4) is 0 Å². The number of aryl methyl sites for hydroxylation is 1. The van der Waals surface area contributed by atoms with Crippen molar-refractivity contribution < 1.29 is 23.4 Å². The van der Waals surface area contributed by atoms with Crippen LogP contribution >= 0.6 is 11.6 Å². The van der Waals surface area contributed by atoms with Gasteiger partial charge in [0.05, 0.1) is 25.2 Å². The lowest BCUT2D eigenvalue weighted by atomic mass is 10.1. The van der Waals surface area contributed by atoms with Gasteiger partial charge >= 0.3 is 5.97 Å². The topological polar surface area (TPSA) is 87.9 Å². The van der Waals surface area contributed by atoms with Gasteiger partial charge in [0.1, 0.15) is 5.58 Å². The van der Waals surface area contributed by atoms with Crippen molar-refractivity contribution >= 4 is 28.5 Å². The minimum atomic E-state index is -0.723. The monoisotopic (exact) mass is 451 g/mol. The molecule has 4 aromatic rings. The Kier molecular flexibility index (Phi) is 5.83. The first-order chi connectivity index (χ1) is 15.4. The van der Waals surface area contributed by atoms with E-state index in [1.54, 1.807) is 31.2 Å². The van der Waals surface area contributed by atoms with Crippen LogP contribution in [-0.2, 0) is 0 Å². The number of benzene rings is 2. The van der Waals surface area contributed by atoms with Crippen molar-refractivity contribution in [3.05, 3.63) is 81.2 Å². The lowest BCUT2D eigenvalue weighted by molar-refractivity contribution is 0.0731. The predicted octanol–water partition coefficient (Wildman–Crippen LogP) is 5.05. The van der Waals surface area contributed by atoms with E-state index in [2.05, 4.69) is 4.98 Å². The fourth-order valence-electron chi connectivity index (χ4n) is 3.20. The molecule has 162 valence electrons. The molecule has 0 aliphatic heterocycles. The molecular formula is C24H18ClNO6. The van der Waals surface area contributed by atoms with Crippen molar-refractivity contribution in [1.82, 2.24) is 4.98 Å². The van der Waals surface area contributed by atoms with E-state index in [-0.39, 0.29) is 22.5 Å².